The summed E-state index contributed by atoms with van der Waals surface area (Å²) in [5.41, 5.74) is 2.39. The third kappa shape index (κ3) is 2.55. The Bertz CT molecular complexity index is 699. The molecule has 1 aromatic carbocycles. The number of carbonyl (C=O) groups excluding carboxylic acids is 1. The van der Waals surface area contributed by atoms with Crippen molar-refractivity contribution in [3.8, 4) is 0 Å². The van der Waals surface area contributed by atoms with Gasteiger partial charge in [0.25, 0.3) is 5.91 Å². The number of aromatic nitrogens is 1. The van der Waals surface area contributed by atoms with Crippen molar-refractivity contribution in [2.45, 2.75) is 13.0 Å². The zero-order valence-corrected chi connectivity index (χ0v) is 13.1. The van der Waals surface area contributed by atoms with Crippen LogP contribution in [0.1, 0.15) is 17.3 Å². The van der Waals surface area contributed by atoms with Gasteiger partial charge in [0.1, 0.15) is 5.82 Å². The number of hydrogen-bond donors (Lipinski definition) is 1. The first kappa shape index (κ1) is 14.5. The number of carbonyl (C=O) groups is 1. The van der Waals surface area contributed by atoms with Crippen LogP contribution in [0.4, 0.5) is 17.2 Å². The lowest BCUT2D eigenvalue weighted by Gasteiger charge is -2.29. The molecule has 114 valence electrons. The summed E-state index contributed by atoms with van der Waals surface area (Å²) in [5.74, 6) is 0.592. The van der Waals surface area contributed by atoms with E-state index >= 15 is 0 Å². The summed E-state index contributed by atoms with van der Waals surface area (Å²) in [6, 6.07) is 11.7. The lowest BCUT2D eigenvalue weighted by atomic mass is 10.2. The van der Waals surface area contributed by atoms with Crippen LogP contribution in [0, 0.1) is 0 Å². The van der Waals surface area contributed by atoms with E-state index in [0.717, 1.165) is 11.4 Å². The molecule has 0 fully saturated rings. The maximum absolute atomic E-state index is 13.0. The molecule has 0 bridgehead atoms. The molecule has 22 heavy (non-hydrogen) atoms. The van der Waals surface area contributed by atoms with E-state index in [0.29, 0.717) is 17.9 Å². The van der Waals surface area contributed by atoms with Crippen molar-refractivity contribution in [2.75, 3.05) is 30.9 Å². The summed E-state index contributed by atoms with van der Waals surface area (Å²) >= 11 is 0. The SMILES string of the molecule is C[C@H](CN1C(=O)c2cccnc2Nc2ccccc21)N(C)C. The zero-order valence-electron chi connectivity index (χ0n) is 13.1. The Labute approximate surface area is 130 Å². The van der Waals surface area contributed by atoms with E-state index in [1.807, 2.05) is 49.3 Å². The Morgan fingerprint density at radius 1 is 1.23 bits per heavy atom. The van der Waals surface area contributed by atoms with Crippen LogP contribution in [0.5, 0.6) is 0 Å². The van der Waals surface area contributed by atoms with Crippen LogP contribution in [-0.2, 0) is 0 Å². The van der Waals surface area contributed by atoms with E-state index in [1.54, 1.807) is 12.3 Å². The summed E-state index contributed by atoms with van der Waals surface area (Å²) in [4.78, 5) is 21.2. The van der Waals surface area contributed by atoms with Crippen LogP contribution in [0.25, 0.3) is 0 Å². The van der Waals surface area contributed by atoms with Crippen molar-refractivity contribution in [2.24, 2.45) is 0 Å². The van der Waals surface area contributed by atoms with E-state index in [2.05, 4.69) is 22.1 Å². The van der Waals surface area contributed by atoms with E-state index in [1.165, 1.54) is 0 Å². The van der Waals surface area contributed by atoms with Crippen LogP contribution >= 0.6 is 0 Å². The monoisotopic (exact) mass is 296 g/mol. The Hall–Kier alpha value is -2.40. The molecule has 1 N–H and O–H groups in total. The van der Waals surface area contributed by atoms with Crippen molar-refractivity contribution < 1.29 is 4.79 Å². The van der Waals surface area contributed by atoms with Gasteiger partial charge in [-0.1, -0.05) is 12.1 Å². The number of hydrogen-bond acceptors (Lipinski definition) is 4. The van der Waals surface area contributed by atoms with Gasteiger partial charge < -0.3 is 15.1 Å². The first-order chi connectivity index (χ1) is 10.6. The molecule has 0 saturated heterocycles. The number of fused-ring (bicyclic) bond motifs is 2. The summed E-state index contributed by atoms with van der Waals surface area (Å²) in [6.07, 6.45) is 1.69. The van der Waals surface area contributed by atoms with Crippen LogP contribution in [0.3, 0.4) is 0 Å². The van der Waals surface area contributed by atoms with Gasteiger partial charge in [-0.05, 0) is 45.3 Å². The summed E-state index contributed by atoms with van der Waals surface area (Å²) < 4.78 is 0. The number of benzene rings is 1. The van der Waals surface area contributed by atoms with Gasteiger partial charge in [0.2, 0.25) is 0 Å². The molecule has 0 saturated carbocycles. The Kier molecular flexibility index (Phi) is 3.81. The number of amides is 1. The Balaban J connectivity index is 2.09. The molecule has 0 radical (unpaired) electrons. The second-order valence-electron chi connectivity index (χ2n) is 5.77. The van der Waals surface area contributed by atoms with E-state index in [-0.39, 0.29) is 11.9 Å². The van der Waals surface area contributed by atoms with Gasteiger partial charge in [0.05, 0.1) is 16.9 Å². The zero-order chi connectivity index (χ0) is 15.7. The predicted molar refractivity (Wildman–Crippen MR) is 88.8 cm³/mol. The standard InChI is InChI=1S/C17H20N4O/c1-12(20(2)3)11-21-15-9-5-4-8-14(15)19-16-13(17(21)22)7-6-10-18-16/h4-10,12H,11H2,1-3H3,(H,18,19)/t12-/m1/s1. The molecule has 1 aromatic heterocycles. The van der Waals surface area contributed by atoms with Gasteiger partial charge in [-0.25, -0.2) is 4.98 Å². The van der Waals surface area contributed by atoms with Crippen LogP contribution in [0.2, 0.25) is 0 Å². The molecule has 1 amide bonds. The number of para-hydroxylation sites is 2. The number of nitrogens with one attached hydrogen (secondary N) is 1. The highest BCUT2D eigenvalue weighted by atomic mass is 16.2. The second kappa shape index (κ2) is 5.77. The minimum Gasteiger partial charge on any atom is -0.338 e. The highest BCUT2D eigenvalue weighted by Gasteiger charge is 2.28. The third-order valence-corrected chi connectivity index (χ3v) is 4.06. The molecule has 0 aliphatic carbocycles. The summed E-state index contributed by atoms with van der Waals surface area (Å²) in [5, 5.41) is 3.28. The van der Waals surface area contributed by atoms with Crippen molar-refractivity contribution in [3.63, 3.8) is 0 Å². The number of rotatable bonds is 3. The molecule has 3 rings (SSSR count). The average Bonchev–Trinajstić information content (AvgIpc) is 2.63. The van der Waals surface area contributed by atoms with Gasteiger partial charge >= 0.3 is 0 Å². The van der Waals surface area contributed by atoms with E-state index in [4.69, 9.17) is 0 Å². The molecule has 5 heteroatoms. The lowest BCUT2D eigenvalue weighted by molar-refractivity contribution is 0.0981. The molecule has 5 nitrogen and oxygen atoms in total. The molecular formula is C17H20N4O. The van der Waals surface area contributed by atoms with Crippen molar-refractivity contribution in [1.29, 1.82) is 0 Å². The number of anilines is 3. The number of likely N-dealkylation sites (N-methyl/N-ethyl adjacent to an activating group) is 1. The first-order valence-electron chi connectivity index (χ1n) is 7.37. The smallest absolute Gasteiger partial charge is 0.262 e. The maximum atomic E-state index is 13.0. The van der Waals surface area contributed by atoms with Crippen molar-refractivity contribution in [3.05, 3.63) is 48.2 Å². The molecule has 2 aromatic rings. The molecule has 1 aliphatic heterocycles. The van der Waals surface area contributed by atoms with E-state index < -0.39 is 0 Å². The fourth-order valence-corrected chi connectivity index (χ4v) is 2.48. The highest BCUT2D eigenvalue weighted by molar-refractivity contribution is 6.12. The van der Waals surface area contributed by atoms with Gasteiger partial charge in [0, 0.05) is 18.8 Å². The third-order valence-electron chi connectivity index (χ3n) is 4.06. The molecule has 0 spiro atoms. The van der Waals surface area contributed by atoms with Gasteiger partial charge in [-0.2, -0.15) is 0 Å². The lowest BCUT2D eigenvalue weighted by Crippen LogP contribution is -2.41. The average molecular weight is 296 g/mol. The highest BCUT2D eigenvalue weighted by Crippen LogP contribution is 2.34. The van der Waals surface area contributed by atoms with Crippen LogP contribution in [0.15, 0.2) is 42.6 Å². The molecule has 0 unspecified atom stereocenters. The molecule has 2 heterocycles. The van der Waals surface area contributed by atoms with Gasteiger partial charge in [-0.3, -0.25) is 4.79 Å². The quantitative estimate of drug-likeness (QED) is 0.946. The minimum absolute atomic E-state index is 0.0192. The van der Waals surface area contributed by atoms with E-state index in [9.17, 15) is 4.79 Å². The minimum atomic E-state index is -0.0192. The second-order valence-corrected chi connectivity index (χ2v) is 5.77. The Morgan fingerprint density at radius 2 is 2.00 bits per heavy atom. The Morgan fingerprint density at radius 3 is 2.77 bits per heavy atom. The topological polar surface area (TPSA) is 48.5 Å². The number of pyridine rings is 1. The fraction of sp³-hybridized carbons (Fsp3) is 0.294. The molecular weight excluding hydrogens is 276 g/mol. The normalized spacial score (nSPS) is 14.9. The maximum Gasteiger partial charge on any atom is 0.262 e. The first-order valence-corrected chi connectivity index (χ1v) is 7.37. The largest absolute Gasteiger partial charge is 0.338 e. The summed E-state index contributed by atoms with van der Waals surface area (Å²) in [6.45, 7) is 2.73. The molecule has 1 aliphatic rings. The van der Waals surface area contributed by atoms with Crippen LogP contribution < -0.4 is 10.2 Å². The predicted octanol–water partition coefficient (Wildman–Crippen LogP) is 2.74. The van der Waals surface area contributed by atoms with Crippen molar-refractivity contribution >= 4 is 23.1 Å². The fourth-order valence-electron chi connectivity index (χ4n) is 2.48. The summed E-state index contributed by atoms with van der Waals surface area (Å²) in [7, 11) is 4.04. The van der Waals surface area contributed by atoms with Crippen molar-refractivity contribution in [1.82, 2.24) is 9.88 Å². The van der Waals surface area contributed by atoms with Gasteiger partial charge in [-0.15, -0.1) is 0 Å². The molecule has 1 atom stereocenters. The number of nitrogens with zero attached hydrogens (tertiary/aromatic N) is 3. The van der Waals surface area contributed by atoms with Gasteiger partial charge in [0.15, 0.2) is 0 Å². The van der Waals surface area contributed by atoms with Crippen LogP contribution in [-0.4, -0.2) is 42.5 Å².